The summed E-state index contributed by atoms with van der Waals surface area (Å²) in [6.45, 7) is 3.26. The Kier molecular flexibility index (Phi) is 13.3. The van der Waals surface area contributed by atoms with Gasteiger partial charge in [0.2, 0.25) is 6.43 Å². The number of alkyl halides is 2. The third-order valence-corrected chi connectivity index (χ3v) is 6.12. The summed E-state index contributed by atoms with van der Waals surface area (Å²) in [5.41, 5.74) is 6.13. The third kappa shape index (κ3) is 10.5. The first-order valence-electron chi connectivity index (χ1n) is 12.7. The van der Waals surface area contributed by atoms with Gasteiger partial charge in [0.15, 0.2) is 0 Å². The minimum Gasteiger partial charge on any atom is -0.326 e. The molecule has 2 rings (SSSR count). The number of unbranched alkanes of at least 4 members (excludes halogenated alkanes) is 12. The van der Waals surface area contributed by atoms with E-state index in [4.69, 9.17) is 0 Å². The predicted molar refractivity (Wildman–Crippen MR) is 129 cm³/mol. The number of rotatable bonds is 19. The smallest absolute Gasteiger partial charge is 0.238 e. The minimum absolute atomic E-state index is 0.0614. The number of nitrogens with zero attached hydrogens (tertiary/aromatic N) is 2. The zero-order valence-electron chi connectivity index (χ0n) is 19.6. The van der Waals surface area contributed by atoms with Gasteiger partial charge in [-0.2, -0.15) is 0 Å². The van der Waals surface area contributed by atoms with Crippen molar-refractivity contribution in [3.8, 4) is 0 Å². The minimum atomic E-state index is -2.14. The Labute approximate surface area is 188 Å². The highest BCUT2D eigenvalue weighted by Gasteiger charge is 2.08. The lowest BCUT2D eigenvalue weighted by Gasteiger charge is -2.09. The van der Waals surface area contributed by atoms with Crippen molar-refractivity contribution < 1.29 is 8.78 Å². The van der Waals surface area contributed by atoms with Crippen LogP contribution in [0, 0.1) is 0 Å². The Morgan fingerprint density at radius 1 is 0.871 bits per heavy atom. The van der Waals surface area contributed by atoms with Crippen LogP contribution in [0.5, 0.6) is 0 Å². The molecule has 31 heavy (non-hydrogen) atoms. The molecule has 0 saturated heterocycles. The van der Waals surface area contributed by atoms with Crippen molar-refractivity contribution in [2.45, 2.75) is 116 Å². The molecule has 1 N–H and O–H groups in total. The highest BCUT2D eigenvalue weighted by molar-refractivity contribution is 5.83. The van der Waals surface area contributed by atoms with Crippen LogP contribution in [0.25, 0.3) is 10.9 Å². The summed E-state index contributed by atoms with van der Waals surface area (Å²) in [4.78, 5) is 4.32. The molecule has 0 unspecified atom stereocenters. The lowest BCUT2D eigenvalue weighted by molar-refractivity contribution is 0.133. The number of nitrogens with one attached hydrogen (secondary N) is 1. The zero-order valence-corrected chi connectivity index (χ0v) is 19.6. The van der Waals surface area contributed by atoms with Gasteiger partial charge < -0.3 is 5.43 Å². The predicted octanol–water partition coefficient (Wildman–Crippen LogP) is 8.26. The first-order valence-corrected chi connectivity index (χ1v) is 12.7. The van der Waals surface area contributed by atoms with Crippen LogP contribution >= 0.6 is 0 Å². The summed E-state index contributed by atoms with van der Waals surface area (Å²) in [5, 5.41) is 1.30. The number of aromatic nitrogens is 2. The van der Waals surface area contributed by atoms with Gasteiger partial charge in [-0.05, 0) is 37.3 Å². The Hall–Kier alpha value is -1.65. The number of pyridine rings is 1. The van der Waals surface area contributed by atoms with E-state index in [1.54, 1.807) is 0 Å². The summed E-state index contributed by atoms with van der Waals surface area (Å²) < 4.78 is 26.4. The van der Waals surface area contributed by atoms with E-state index >= 15 is 0 Å². The van der Waals surface area contributed by atoms with Crippen molar-refractivity contribution in [2.24, 2.45) is 0 Å². The highest BCUT2D eigenvalue weighted by atomic mass is 19.3. The first kappa shape index (κ1) is 25.6. The van der Waals surface area contributed by atoms with Crippen molar-refractivity contribution in [1.82, 2.24) is 9.66 Å². The summed E-state index contributed by atoms with van der Waals surface area (Å²) in [7, 11) is 0. The first-order chi connectivity index (χ1) is 15.2. The van der Waals surface area contributed by atoms with E-state index in [0.717, 1.165) is 32.2 Å². The largest absolute Gasteiger partial charge is 0.326 e. The molecule has 0 atom stereocenters. The maximum absolute atomic E-state index is 12.1. The zero-order chi connectivity index (χ0) is 22.2. The molecule has 3 nitrogen and oxygen atoms in total. The molecule has 0 spiro atoms. The van der Waals surface area contributed by atoms with Crippen LogP contribution in [0.3, 0.4) is 0 Å². The second-order valence-electron chi connectivity index (χ2n) is 8.85. The second kappa shape index (κ2) is 16.0. The Morgan fingerprint density at radius 3 is 2.23 bits per heavy atom. The monoisotopic (exact) mass is 435 g/mol. The molecule has 0 amide bonds. The highest BCUT2D eigenvalue weighted by Crippen LogP contribution is 2.22. The summed E-state index contributed by atoms with van der Waals surface area (Å²) in [6, 6.07) is 2.12. The molecule has 0 radical (unpaired) electrons. The van der Waals surface area contributed by atoms with Crippen LogP contribution in [-0.2, 0) is 6.42 Å². The van der Waals surface area contributed by atoms with Crippen molar-refractivity contribution in [3.05, 3.63) is 30.2 Å². The van der Waals surface area contributed by atoms with Crippen LogP contribution < -0.4 is 5.43 Å². The Bertz CT molecular complexity index is 699. The molecule has 0 aliphatic rings. The fourth-order valence-corrected chi connectivity index (χ4v) is 4.25. The van der Waals surface area contributed by atoms with Crippen LogP contribution in [0.2, 0.25) is 0 Å². The fourth-order valence-electron chi connectivity index (χ4n) is 4.25. The van der Waals surface area contributed by atoms with E-state index in [0.29, 0.717) is 6.42 Å². The maximum Gasteiger partial charge on any atom is 0.238 e. The summed E-state index contributed by atoms with van der Waals surface area (Å²) in [5.74, 6) is 0. The maximum atomic E-state index is 12.1. The van der Waals surface area contributed by atoms with Crippen LogP contribution in [-0.4, -0.2) is 22.6 Å². The fraction of sp³-hybridized carbons (Fsp3) is 0.731. The Morgan fingerprint density at radius 2 is 1.52 bits per heavy atom. The molecule has 2 aromatic rings. The molecule has 0 aromatic carbocycles. The molecule has 0 bridgehead atoms. The normalized spacial score (nSPS) is 11.6. The van der Waals surface area contributed by atoms with E-state index in [1.807, 2.05) is 12.4 Å². The molecule has 0 saturated carbocycles. The second-order valence-corrected chi connectivity index (χ2v) is 8.85. The number of hydrogen-bond donors (Lipinski definition) is 1. The van der Waals surface area contributed by atoms with E-state index in [1.165, 1.54) is 80.7 Å². The molecule has 2 heterocycles. The molecule has 5 heteroatoms. The number of fused-ring (bicyclic) bond motifs is 1. The quantitative estimate of drug-likeness (QED) is 0.225. The van der Waals surface area contributed by atoms with Crippen LogP contribution in [0.4, 0.5) is 8.78 Å². The van der Waals surface area contributed by atoms with Gasteiger partial charge in [0.25, 0.3) is 0 Å². The average Bonchev–Trinajstić information content (AvgIpc) is 3.12. The van der Waals surface area contributed by atoms with Gasteiger partial charge in [0.05, 0.1) is 11.7 Å². The molecular formula is C26H43F2N3. The standard InChI is InChI=1S/C26H43F2N3/c1-2-3-4-5-9-12-15-19-30-31-22-23(24-18-20-29-21-25(24)31)16-13-10-7-6-8-11-14-17-26(27)28/h18,20-22,26,30H,2-17,19H2,1H3. The van der Waals surface area contributed by atoms with E-state index in [-0.39, 0.29) is 6.42 Å². The van der Waals surface area contributed by atoms with Gasteiger partial charge in [-0.3, -0.25) is 9.66 Å². The van der Waals surface area contributed by atoms with Crippen molar-refractivity contribution in [3.63, 3.8) is 0 Å². The van der Waals surface area contributed by atoms with Crippen LogP contribution in [0.1, 0.15) is 109 Å². The topological polar surface area (TPSA) is 29.9 Å². The van der Waals surface area contributed by atoms with Crippen LogP contribution in [0.15, 0.2) is 24.7 Å². The summed E-state index contributed by atoms with van der Waals surface area (Å²) >= 11 is 0. The summed E-state index contributed by atoms with van der Waals surface area (Å²) in [6.07, 6.45) is 21.8. The number of aryl methyl sites for hydroxylation is 1. The van der Waals surface area contributed by atoms with Gasteiger partial charge in [0.1, 0.15) is 0 Å². The average molecular weight is 436 g/mol. The lowest BCUT2D eigenvalue weighted by atomic mass is 10.0. The van der Waals surface area contributed by atoms with Crippen molar-refractivity contribution >= 4 is 10.9 Å². The molecule has 0 fully saturated rings. The van der Waals surface area contributed by atoms with Gasteiger partial charge in [0, 0.05) is 30.7 Å². The number of halogens is 2. The number of hydrogen-bond acceptors (Lipinski definition) is 2. The third-order valence-electron chi connectivity index (χ3n) is 6.12. The van der Waals surface area contributed by atoms with Gasteiger partial charge in [-0.15, -0.1) is 0 Å². The molecular weight excluding hydrogens is 392 g/mol. The van der Waals surface area contributed by atoms with Gasteiger partial charge >= 0.3 is 0 Å². The SMILES string of the molecule is CCCCCCCCCNn1cc(CCCCCCCCCC(F)F)c2ccncc21. The van der Waals surface area contributed by atoms with Gasteiger partial charge in [-0.25, -0.2) is 8.78 Å². The molecule has 0 aliphatic heterocycles. The van der Waals surface area contributed by atoms with Gasteiger partial charge in [-0.1, -0.05) is 77.6 Å². The van der Waals surface area contributed by atoms with E-state index in [2.05, 4.69) is 34.3 Å². The van der Waals surface area contributed by atoms with E-state index < -0.39 is 6.43 Å². The Balaban J connectivity index is 1.66. The molecule has 0 aliphatic carbocycles. The molecule has 176 valence electrons. The lowest BCUT2D eigenvalue weighted by Crippen LogP contribution is -2.14. The van der Waals surface area contributed by atoms with E-state index in [9.17, 15) is 8.78 Å². The molecule has 2 aromatic heterocycles. The van der Waals surface area contributed by atoms with Crippen molar-refractivity contribution in [1.29, 1.82) is 0 Å². The van der Waals surface area contributed by atoms with Crippen molar-refractivity contribution in [2.75, 3.05) is 12.0 Å².